The molecule has 0 saturated heterocycles. The molecule has 0 radical (unpaired) electrons. The van der Waals surface area contributed by atoms with Crippen LogP contribution in [-0.2, 0) is 6.54 Å². The van der Waals surface area contributed by atoms with E-state index < -0.39 is 0 Å². The SMILES string of the molecule is CN=C(NCc1cc(C(C)C)no1)NCC(C)c1cccc(C)c1. The molecule has 0 aliphatic rings. The maximum atomic E-state index is 5.33. The van der Waals surface area contributed by atoms with E-state index in [1.165, 1.54) is 11.1 Å². The van der Waals surface area contributed by atoms with Crippen LogP contribution in [0.2, 0.25) is 0 Å². The van der Waals surface area contributed by atoms with Crippen LogP contribution in [0.1, 0.15) is 55.2 Å². The van der Waals surface area contributed by atoms with Crippen molar-refractivity contribution in [2.45, 2.75) is 46.1 Å². The summed E-state index contributed by atoms with van der Waals surface area (Å²) < 4.78 is 5.33. The molecule has 130 valence electrons. The van der Waals surface area contributed by atoms with Gasteiger partial charge in [-0.05, 0) is 24.3 Å². The van der Waals surface area contributed by atoms with Gasteiger partial charge in [0, 0.05) is 19.7 Å². The smallest absolute Gasteiger partial charge is 0.191 e. The fourth-order valence-electron chi connectivity index (χ4n) is 2.42. The number of aliphatic imine (C=N–C) groups is 1. The Labute approximate surface area is 144 Å². The molecule has 1 aromatic heterocycles. The van der Waals surface area contributed by atoms with E-state index >= 15 is 0 Å². The zero-order valence-electron chi connectivity index (χ0n) is 15.3. The molecule has 1 heterocycles. The minimum Gasteiger partial charge on any atom is -0.359 e. The molecule has 0 saturated carbocycles. The first-order chi connectivity index (χ1) is 11.5. The first-order valence-electron chi connectivity index (χ1n) is 8.46. The van der Waals surface area contributed by atoms with E-state index in [1.807, 2.05) is 6.07 Å². The quantitative estimate of drug-likeness (QED) is 0.628. The largest absolute Gasteiger partial charge is 0.359 e. The van der Waals surface area contributed by atoms with Crippen molar-refractivity contribution in [2.24, 2.45) is 4.99 Å². The molecule has 1 atom stereocenters. The molecular formula is C19H28N4O. The minimum atomic E-state index is 0.370. The number of benzene rings is 1. The second-order valence-corrected chi connectivity index (χ2v) is 6.49. The second kappa shape index (κ2) is 8.52. The second-order valence-electron chi connectivity index (χ2n) is 6.49. The Balaban J connectivity index is 1.83. The van der Waals surface area contributed by atoms with E-state index in [0.29, 0.717) is 18.4 Å². The van der Waals surface area contributed by atoms with Crippen molar-refractivity contribution in [3.63, 3.8) is 0 Å². The fourth-order valence-corrected chi connectivity index (χ4v) is 2.42. The molecule has 2 rings (SSSR count). The first-order valence-corrected chi connectivity index (χ1v) is 8.46. The summed E-state index contributed by atoms with van der Waals surface area (Å²) in [7, 11) is 1.77. The van der Waals surface area contributed by atoms with Gasteiger partial charge in [0.2, 0.25) is 0 Å². The number of hydrogen-bond acceptors (Lipinski definition) is 3. The molecule has 2 aromatic rings. The van der Waals surface area contributed by atoms with Crippen LogP contribution in [0.4, 0.5) is 0 Å². The molecule has 0 spiro atoms. The zero-order valence-corrected chi connectivity index (χ0v) is 15.3. The zero-order chi connectivity index (χ0) is 17.5. The van der Waals surface area contributed by atoms with Crippen LogP contribution in [-0.4, -0.2) is 24.7 Å². The standard InChI is InChI=1S/C19H28N4O/c1-13(2)18-10-17(24-23-18)12-22-19(20-5)21-11-15(4)16-8-6-7-14(3)9-16/h6-10,13,15H,11-12H2,1-5H3,(H2,20,21,22). The number of nitrogens with zero attached hydrogens (tertiary/aromatic N) is 2. The number of guanidine groups is 1. The molecule has 0 fully saturated rings. The van der Waals surface area contributed by atoms with E-state index in [0.717, 1.165) is 24.0 Å². The third-order valence-electron chi connectivity index (χ3n) is 4.01. The number of hydrogen-bond donors (Lipinski definition) is 2. The van der Waals surface area contributed by atoms with E-state index in [-0.39, 0.29) is 0 Å². The topological polar surface area (TPSA) is 62.5 Å². The van der Waals surface area contributed by atoms with Gasteiger partial charge in [-0.1, -0.05) is 55.8 Å². The highest BCUT2D eigenvalue weighted by molar-refractivity contribution is 5.79. The van der Waals surface area contributed by atoms with Gasteiger partial charge in [0.25, 0.3) is 0 Å². The molecule has 0 aliphatic carbocycles. The summed E-state index contributed by atoms with van der Waals surface area (Å²) in [5.41, 5.74) is 3.59. The monoisotopic (exact) mass is 328 g/mol. The number of rotatable bonds is 6. The van der Waals surface area contributed by atoms with Gasteiger partial charge in [-0.25, -0.2) is 0 Å². The van der Waals surface area contributed by atoms with Crippen molar-refractivity contribution in [3.05, 3.63) is 52.9 Å². The first kappa shape index (κ1) is 18.0. The van der Waals surface area contributed by atoms with Gasteiger partial charge in [0.05, 0.1) is 12.2 Å². The predicted molar refractivity (Wildman–Crippen MR) is 98.4 cm³/mol. The Morgan fingerprint density at radius 2 is 2.00 bits per heavy atom. The summed E-state index contributed by atoms with van der Waals surface area (Å²) in [4.78, 5) is 4.26. The van der Waals surface area contributed by atoms with E-state index in [1.54, 1.807) is 7.05 Å². The normalized spacial score (nSPS) is 13.2. The van der Waals surface area contributed by atoms with Crippen molar-refractivity contribution in [3.8, 4) is 0 Å². The van der Waals surface area contributed by atoms with Gasteiger partial charge in [-0.2, -0.15) is 0 Å². The molecule has 0 aliphatic heterocycles. The highest BCUT2D eigenvalue weighted by Crippen LogP contribution is 2.15. The highest BCUT2D eigenvalue weighted by Gasteiger charge is 2.09. The lowest BCUT2D eigenvalue weighted by Gasteiger charge is -2.16. The van der Waals surface area contributed by atoms with Gasteiger partial charge >= 0.3 is 0 Å². The molecule has 0 bridgehead atoms. The lowest BCUT2D eigenvalue weighted by Crippen LogP contribution is -2.38. The minimum absolute atomic E-state index is 0.370. The van der Waals surface area contributed by atoms with E-state index in [9.17, 15) is 0 Å². The maximum Gasteiger partial charge on any atom is 0.191 e. The maximum absolute atomic E-state index is 5.33. The Kier molecular flexibility index (Phi) is 6.41. The molecular weight excluding hydrogens is 300 g/mol. The summed E-state index contributed by atoms with van der Waals surface area (Å²) >= 11 is 0. The van der Waals surface area contributed by atoms with Crippen LogP contribution >= 0.6 is 0 Å². The molecule has 1 aromatic carbocycles. The molecule has 5 nitrogen and oxygen atoms in total. The number of nitrogens with one attached hydrogen (secondary N) is 2. The van der Waals surface area contributed by atoms with Gasteiger partial charge in [-0.3, -0.25) is 4.99 Å². The Hall–Kier alpha value is -2.30. The molecule has 2 N–H and O–H groups in total. The van der Waals surface area contributed by atoms with Gasteiger partial charge < -0.3 is 15.2 Å². The average molecular weight is 328 g/mol. The van der Waals surface area contributed by atoms with Crippen LogP contribution in [0.3, 0.4) is 0 Å². The molecule has 0 amide bonds. The molecule has 1 unspecified atom stereocenters. The Morgan fingerprint density at radius 1 is 1.21 bits per heavy atom. The van der Waals surface area contributed by atoms with E-state index in [4.69, 9.17) is 4.52 Å². The molecule has 24 heavy (non-hydrogen) atoms. The van der Waals surface area contributed by atoms with Crippen LogP contribution in [0.5, 0.6) is 0 Å². The summed E-state index contributed by atoms with van der Waals surface area (Å²) in [6, 6.07) is 10.6. The third kappa shape index (κ3) is 5.11. The highest BCUT2D eigenvalue weighted by atomic mass is 16.5. The lowest BCUT2D eigenvalue weighted by molar-refractivity contribution is 0.372. The van der Waals surface area contributed by atoms with Crippen molar-refractivity contribution < 1.29 is 4.52 Å². The van der Waals surface area contributed by atoms with Crippen LogP contribution < -0.4 is 10.6 Å². The number of aryl methyl sites for hydroxylation is 1. The van der Waals surface area contributed by atoms with Crippen molar-refractivity contribution >= 4 is 5.96 Å². The van der Waals surface area contributed by atoms with Crippen molar-refractivity contribution in [1.29, 1.82) is 0 Å². The summed E-state index contributed by atoms with van der Waals surface area (Å²) in [6.07, 6.45) is 0. The third-order valence-corrected chi connectivity index (χ3v) is 4.01. The predicted octanol–water partition coefficient (Wildman–Crippen LogP) is 3.58. The van der Waals surface area contributed by atoms with Crippen LogP contribution in [0.15, 0.2) is 39.8 Å². The summed E-state index contributed by atoms with van der Waals surface area (Å²) in [5.74, 6) is 2.35. The Morgan fingerprint density at radius 3 is 2.62 bits per heavy atom. The lowest BCUT2D eigenvalue weighted by atomic mass is 9.99. The van der Waals surface area contributed by atoms with Gasteiger partial charge in [0.15, 0.2) is 11.7 Å². The van der Waals surface area contributed by atoms with Gasteiger partial charge in [-0.15, -0.1) is 0 Å². The number of aromatic nitrogens is 1. The van der Waals surface area contributed by atoms with Crippen molar-refractivity contribution in [2.75, 3.05) is 13.6 Å². The van der Waals surface area contributed by atoms with E-state index in [2.05, 4.69) is 72.7 Å². The van der Waals surface area contributed by atoms with Crippen molar-refractivity contribution in [1.82, 2.24) is 15.8 Å². The van der Waals surface area contributed by atoms with Crippen LogP contribution in [0.25, 0.3) is 0 Å². The fraction of sp³-hybridized carbons (Fsp3) is 0.474. The van der Waals surface area contributed by atoms with Gasteiger partial charge in [0.1, 0.15) is 0 Å². The summed E-state index contributed by atoms with van der Waals surface area (Å²) in [6.45, 7) is 9.91. The molecule has 5 heteroatoms. The summed E-state index contributed by atoms with van der Waals surface area (Å²) in [5, 5.41) is 10.7. The average Bonchev–Trinajstić information content (AvgIpc) is 3.04. The van der Waals surface area contributed by atoms with Crippen LogP contribution in [0, 0.1) is 6.92 Å². The Bertz CT molecular complexity index is 676.